The lowest BCUT2D eigenvalue weighted by Crippen LogP contribution is -2.39. The van der Waals surface area contributed by atoms with Gasteiger partial charge in [0.1, 0.15) is 18.9 Å². The highest BCUT2D eigenvalue weighted by Crippen LogP contribution is 2.26. The Labute approximate surface area is 241 Å². The number of aryl methyl sites for hydroxylation is 1. The van der Waals surface area contributed by atoms with Gasteiger partial charge in [-0.15, -0.1) is 0 Å². The fourth-order valence-corrected chi connectivity index (χ4v) is 5.45. The summed E-state index contributed by atoms with van der Waals surface area (Å²) in [5, 5.41) is 4.66. The van der Waals surface area contributed by atoms with Crippen molar-refractivity contribution in [1.82, 2.24) is 5.43 Å². The Balaban J connectivity index is 1.40. The van der Waals surface area contributed by atoms with Gasteiger partial charge in [0.25, 0.3) is 15.9 Å². The maximum absolute atomic E-state index is 13.5. The fourth-order valence-electron chi connectivity index (χ4n) is 3.53. The molecule has 7 nitrogen and oxygen atoms in total. The molecule has 200 valence electrons. The topological polar surface area (TPSA) is 88.1 Å². The first-order chi connectivity index (χ1) is 18.7. The fraction of sp³-hybridized carbons (Fsp3) is 0.103. The van der Waals surface area contributed by atoms with Gasteiger partial charge in [0, 0.05) is 9.50 Å². The number of rotatable bonds is 10. The molecule has 0 saturated heterocycles. The minimum absolute atomic E-state index is 0.0859. The highest BCUT2D eigenvalue weighted by molar-refractivity contribution is 9.10. The minimum atomic E-state index is -4.01. The third kappa shape index (κ3) is 7.92. The van der Waals surface area contributed by atoms with Gasteiger partial charge in [-0.2, -0.15) is 5.10 Å². The van der Waals surface area contributed by atoms with Crippen molar-refractivity contribution < 1.29 is 17.9 Å². The zero-order chi connectivity index (χ0) is 27.8. The van der Waals surface area contributed by atoms with Gasteiger partial charge >= 0.3 is 0 Å². The largest absolute Gasteiger partial charge is 0.489 e. The van der Waals surface area contributed by atoms with Crippen LogP contribution in [0.25, 0.3) is 0 Å². The second-order valence-electron chi connectivity index (χ2n) is 8.58. The predicted molar refractivity (Wildman–Crippen MR) is 158 cm³/mol. The molecule has 4 rings (SSSR count). The Kier molecular flexibility index (Phi) is 9.40. The maximum Gasteiger partial charge on any atom is 0.264 e. The van der Waals surface area contributed by atoms with Crippen molar-refractivity contribution in [3.05, 3.63) is 123 Å². The van der Waals surface area contributed by atoms with Gasteiger partial charge in [0.2, 0.25) is 0 Å². The number of hydrogen-bond acceptors (Lipinski definition) is 5. The summed E-state index contributed by atoms with van der Waals surface area (Å²) in [4.78, 5) is 12.8. The average molecular weight is 627 g/mol. The zero-order valence-corrected chi connectivity index (χ0v) is 24.1. The van der Waals surface area contributed by atoms with Gasteiger partial charge in [-0.3, -0.25) is 9.10 Å². The molecule has 0 saturated carbocycles. The number of benzene rings is 4. The van der Waals surface area contributed by atoms with Crippen molar-refractivity contribution in [3.8, 4) is 5.75 Å². The molecule has 0 unspecified atom stereocenters. The smallest absolute Gasteiger partial charge is 0.264 e. The maximum atomic E-state index is 13.5. The molecular weight excluding hydrogens is 602 g/mol. The van der Waals surface area contributed by atoms with E-state index in [0.29, 0.717) is 27.5 Å². The zero-order valence-electron chi connectivity index (χ0n) is 20.9. The lowest BCUT2D eigenvalue weighted by molar-refractivity contribution is -0.119. The number of carbonyl (C=O) groups is 1. The van der Waals surface area contributed by atoms with Gasteiger partial charge in [0.15, 0.2) is 0 Å². The number of hydrazone groups is 1. The van der Waals surface area contributed by atoms with Crippen LogP contribution < -0.4 is 14.5 Å². The summed E-state index contributed by atoms with van der Waals surface area (Å²) in [6.07, 6.45) is 1.47. The van der Waals surface area contributed by atoms with Crippen LogP contribution in [-0.4, -0.2) is 27.1 Å². The summed E-state index contributed by atoms with van der Waals surface area (Å²) in [5.41, 5.74) is 5.41. The molecular formula is C29H25BrClN3O4S. The van der Waals surface area contributed by atoms with Crippen molar-refractivity contribution in [2.45, 2.75) is 18.4 Å². The van der Waals surface area contributed by atoms with Gasteiger partial charge < -0.3 is 4.74 Å². The van der Waals surface area contributed by atoms with Crippen LogP contribution in [0.4, 0.5) is 5.69 Å². The Hall–Kier alpha value is -3.66. The van der Waals surface area contributed by atoms with Gasteiger partial charge in [0.05, 0.1) is 16.8 Å². The lowest BCUT2D eigenvalue weighted by Gasteiger charge is -2.24. The van der Waals surface area contributed by atoms with E-state index in [1.165, 1.54) is 18.3 Å². The number of hydrogen-bond donors (Lipinski definition) is 1. The second kappa shape index (κ2) is 12.9. The van der Waals surface area contributed by atoms with Crippen LogP contribution in [0.1, 0.15) is 16.7 Å². The van der Waals surface area contributed by atoms with E-state index in [4.69, 9.17) is 16.3 Å². The summed E-state index contributed by atoms with van der Waals surface area (Å²) < 4.78 is 34.4. The molecule has 0 aromatic heterocycles. The third-order valence-corrected chi connectivity index (χ3v) is 8.13. The first kappa shape index (κ1) is 28.4. The van der Waals surface area contributed by atoms with E-state index in [9.17, 15) is 13.2 Å². The Morgan fingerprint density at radius 3 is 2.36 bits per heavy atom. The van der Waals surface area contributed by atoms with Crippen LogP contribution in [0.2, 0.25) is 5.02 Å². The molecule has 0 aliphatic rings. The van der Waals surface area contributed by atoms with Crippen LogP contribution in [0.5, 0.6) is 5.75 Å². The SMILES string of the molecule is Cc1ccc(S(=O)(=O)N(CC(=O)N/N=C\c2ccc(OCc3ccc(Cl)cc3)cc2)c2cccc(Br)c2)cc1. The molecule has 0 fully saturated rings. The van der Waals surface area contributed by atoms with Crippen molar-refractivity contribution in [2.24, 2.45) is 5.10 Å². The Morgan fingerprint density at radius 1 is 1.00 bits per heavy atom. The number of carbonyl (C=O) groups excluding carboxylic acids is 1. The standard InChI is InChI=1S/C29H25BrClN3O4S/c1-21-5-15-28(16-6-21)39(36,37)34(26-4-2-3-24(30)17-26)19-29(35)33-32-18-22-9-13-27(14-10-22)38-20-23-7-11-25(31)12-8-23/h2-18H,19-20H2,1H3,(H,33,35)/b32-18-. The van der Waals surface area contributed by atoms with E-state index < -0.39 is 22.5 Å². The third-order valence-electron chi connectivity index (χ3n) is 5.59. The molecule has 39 heavy (non-hydrogen) atoms. The lowest BCUT2D eigenvalue weighted by atomic mass is 10.2. The van der Waals surface area contributed by atoms with Crippen molar-refractivity contribution >= 4 is 55.4 Å². The molecule has 1 N–H and O–H groups in total. The molecule has 4 aromatic carbocycles. The number of anilines is 1. The molecule has 0 aliphatic heterocycles. The normalized spacial score (nSPS) is 11.4. The van der Waals surface area contributed by atoms with Crippen molar-refractivity contribution in [3.63, 3.8) is 0 Å². The summed E-state index contributed by atoms with van der Waals surface area (Å²) in [6.45, 7) is 1.82. The number of nitrogens with zero attached hydrogens (tertiary/aromatic N) is 2. The van der Waals surface area contributed by atoms with Gasteiger partial charge in [-0.1, -0.05) is 63.4 Å². The highest BCUT2D eigenvalue weighted by atomic mass is 79.9. The molecule has 0 atom stereocenters. The van der Waals surface area contributed by atoms with Crippen LogP contribution >= 0.6 is 27.5 Å². The van der Waals surface area contributed by atoms with Crippen molar-refractivity contribution in [2.75, 3.05) is 10.8 Å². The van der Waals surface area contributed by atoms with E-state index in [-0.39, 0.29) is 4.90 Å². The molecule has 4 aromatic rings. The quantitative estimate of drug-likeness (QED) is 0.165. The number of nitrogens with one attached hydrogen (secondary N) is 1. The monoisotopic (exact) mass is 625 g/mol. The number of halogens is 2. The molecule has 0 bridgehead atoms. The molecule has 0 aliphatic carbocycles. The van der Waals surface area contributed by atoms with E-state index in [0.717, 1.165) is 21.0 Å². The van der Waals surface area contributed by atoms with Crippen molar-refractivity contribution in [1.29, 1.82) is 0 Å². The van der Waals surface area contributed by atoms with Gasteiger partial charge in [-0.25, -0.2) is 13.8 Å². The number of sulfonamides is 1. The summed E-state index contributed by atoms with van der Waals surface area (Å²) >= 11 is 9.27. The van der Waals surface area contributed by atoms with Crippen LogP contribution in [0, 0.1) is 6.92 Å². The summed E-state index contributed by atoms with van der Waals surface area (Å²) in [7, 11) is -4.01. The molecule has 0 spiro atoms. The summed E-state index contributed by atoms with van der Waals surface area (Å²) in [5.74, 6) is 0.0851. The minimum Gasteiger partial charge on any atom is -0.489 e. The molecule has 10 heteroatoms. The van der Waals surface area contributed by atoms with Crippen LogP contribution in [0.3, 0.4) is 0 Å². The van der Waals surface area contributed by atoms with E-state index in [1.807, 2.05) is 31.2 Å². The predicted octanol–water partition coefficient (Wildman–Crippen LogP) is 6.34. The molecule has 1 amide bonds. The van der Waals surface area contributed by atoms with E-state index in [1.54, 1.807) is 60.7 Å². The average Bonchev–Trinajstić information content (AvgIpc) is 2.92. The first-order valence-corrected chi connectivity index (χ1v) is 14.5. The first-order valence-electron chi connectivity index (χ1n) is 11.8. The van der Waals surface area contributed by atoms with E-state index in [2.05, 4.69) is 26.5 Å². The van der Waals surface area contributed by atoms with E-state index >= 15 is 0 Å². The van der Waals surface area contributed by atoms with Crippen LogP contribution in [-0.2, 0) is 21.4 Å². The second-order valence-corrected chi connectivity index (χ2v) is 11.8. The Bertz CT molecular complexity index is 1560. The summed E-state index contributed by atoms with van der Waals surface area (Å²) in [6, 6.07) is 27.8. The van der Waals surface area contributed by atoms with Crippen LogP contribution in [0.15, 0.2) is 112 Å². The molecule has 0 radical (unpaired) electrons. The number of amides is 1. The van der Waals surface area contributed by atoms with Gasteiger partial charge in [-0.05, 0) is 84.8 Å². The number of ether oxygens (including phenoxy) is 1. The highest BCUT2D eigenvalue weighted by Gasteiger charge is 2.27. The Morgan fingerprint density at radius 2 is 1.69 bits per heavy atom. The molecule has 0 heterocycles.